The van der Waals surface area contributed by atoms with E-state index >= 15 is 0 Å². The first-order valence-electron chi connectivity index (χ1n) is 5.47. The van der Waals surface area contributed by atoms with Crippen molar-refractivity contribution in [3.63, 3.8) is 0 Å². The number of hydrogen-bond donors (Lipinski definition) is 1. The second-order valence-electron chi connectivity index (χ2n) is 3.67. The van der Waals surface area contributed by atoms with E-state index in [1.54, 1.807) is 6.07 Å². The summed E-state index contributed by atoms with van der Waals surface area (Å²) in [6.07, 6.45) is -0.789. The van der Waals surface area contributed by atoms with Gasteiger partial charge in [0, 0.05) is 0 Å². The first-order chi connectivity index (χ1) is 8.61. The van der Waals surface area contributed by atoms with E-state index in [2.05, 4.69) is 31.9 Å². The van der Waals surface area contributed by atoms with E-state index in [0.29, 0.717) is 17.0 Å². The van der Waals surface area contributed by atoms with E-state index in [4.69, 9.17) is 9.15 Å². The Morgan fingerprint density at radius 2 is 1.94 bits per heavy atom. The maximum absolute atomic E-state index is 10.2. The van der Waals surface area contributed by atoms with Crippen molar-refractivity contribution in [1.29, 1.82) is 0 Å². The molecule has 2 rings (SSSR count). The number of aliphatic hydroxyl groups is 1. The summed E-state index contributed by atoms with van der Waals surface area (Å²) in [5.41, 5.74) is 0.757. The Bertz CT molecular complexity index is 500. The molecule has 0 spiro atoms. The third-order valence-corrected chi connectivity index (χ3v) is 4.15. The fourth-order valence-electron chi connectivity index (χ4n) is 1.58. The van der Waals surface area contributed by atoms with E-state index < -0.39 is 6.10 Å². The van der Waals surface area contributed by atoms with E-state index in [1.165, 1.54) is 0 Å². The van der Waals surface area contributed by atoms with Gasteiger partial charge in [-0.25, -0.2) is 0 Å². The van der Waals surface area contributed by atoms with Crippen LogP contribution >= 0.6 is 31.9 Å². The van der Waals surface area contributed by atoms with Crippen LogP contribution in [0.4, 0.5) is 0 Å². The number of furan rings is 1. The first kappa shape index (κ1) is 13.6. The lowest BCUT2D eigenvalue weighted by Crippen LogP contribution is -1.98. The molecular weight excluding hydrogens is 364 g/mol. The number of aliphatic hydroxyl groups excluding tert-OH is 1. The number of ether oxygens (including phenoxy) is 1. The van der Waals surface area contributed by atoms with Gasteiger partial charge in [0.15, 0.2) is 4.67 Å². The number of rotatable bonds is 4. The van der Waals surface area contributed by atoms with Gasteiger partial charge in [-0.2, -0.15) is 0 Å². The van der Waals surface area contributed by atoms with Gasteiger partial charge in [0.05, 0.1) is 11.1 Å². The Labute approximate surface area is 122 Å². The second kappa shape index (κ2) is 5.91. The van der Waals surface area contributed by atoms with Crippen molar-refractivity contribution >= 4 is 31.9 Å². The molecule has 0 amide bonds. The average molecular weight is 376 g/mol. The van der Waals surface area contributed by atoms with Gasteiger partial charge in [-0.15, -0.1) is 0 Å². The standard InChI is InChI=1S/C13H12Br2O3/c1-2-17-9-5-3-8(4-6-9)12(16)11-7-10(14)13(15)18-11/h3-7,12,16H,2H2,1H3. The Hall–Kier alpha value is -0.780. The summed E-state index contributed by atoms with van der Waals surface area (Å²) in [5.74, 6) is 1.27. The summed E-state index contributed by atoms with van der Waals surface area (Å²) in [5, 5.41) is 10.2. The molecule has 3 nitrogen and oxygen atoms in total. The molecule has 1 unspecified atom stereocenters. The Morgan fingerprint density at radius 3 is 2.44 bits per heavy atom. The van der Waals surface area contributed by atoms with Crippen molar-refractivity contribution in [2.75, 3.05) is 6.61 Å². The molecule has 2 aromatic rings. The molecule has 0 bridgehead atoms. The lowest BCUT2D eigenvalue weighted by molar-refractivity contribution is 0.187. The number of halogens is 2. The van der Waals surface area contributed by atoms with E-state index in [0.717, 1.165) is 15.8 Å². The fraction of sp³-hybridized carbons (Fsp3) is 0.231. The van der Waals surface area contributed by atoms with Crippen LogP contribution in [0.5, 0.6) is 5.75 Å². The highest BCUT2D eigenvalue weighted by molar-refractivity contribution is 9.13. The minimum absolute atomic E-state index is 0.484. The smallest absolute Gasteiger partial charge is 0.183 e. The highest BCUT2D eigenvalue weighted by atomic mass is 79.9. The molecule has 1 aromatic heterocycles. The Morgan fingerprint density at radius 1 is 1.28 bits per heavy atom. The van der Waals surface area contributed by atoms with E-state index in [1.807, 2.05) is 31.2 Å². The van der Waals surface area contributed by atoms with Crippen LogP contribution in [0.1, 0.15) is 24.4 Å². The molecular formula is C13H12Br2O3. The molecule has 0 saturated heterocycles. The predicted octanol–water partition coefficient (Wildman–Crippen LogP) is 4.29. The SMILES string of the molecule is CCOc1ccc(C(O)c2cc(Br)c(Br)o2)cc1. The topological polar surface area (TPSA) is 42.6 Å². The number of hydrogen-bond acceptors (Lipinski definition) is 3. The molecule has 0 aliphatic rings. The Balaban J connectivity index is 2.20. The second-order valence-corrected chi connectivity index (χ2v) is 5.25. The lowest BCUT2D eigenvalue weighted by Gasteiger charge is -2.09. The van der Waals surface area contributed by atoms with E-state index in [9.17, 15) is 5.11 Å². The molecule has 1 heterocycles. The molecule has 0 radical (unpaired) electrons. The van der Waals surface area contributed by atoms with Crippen molar-refractivity contribution in [3.8, 4) is 5.75 Å². The summed E-state index contributed by atoms with van der Waals surface area (Å²) in [6.45, 7) is 2.56. The molecule has 0 fully saturated rings. The molecule has 0 aliphatic heterocycles. The van der Waals surface area contributed by atoms with Crippen LogP contribution in [-0.2, 0) is 0 Å². The van der Waals surface area contributed by atoms with Gasteiger partial charge in [-0.3, -0.25) is 0 Å². The summed E-state index contributed by atoms with van der Waals surface area (Å²) >= 11 is 6.56. The monoisotopic (exact) mass is 374 g/mol. The van der Waals surface area contributed by atoms with Crippen LogP contribution in [0.25, 0.3) is 0 Å². The summed E-state index contributed by atoms with van der Waals surface area (Å²) in [6, 6.07) is 9.04. The molecule has 1 aromatic carbocycles. The van der Waals surface area contributed by atoms with Gasteiger partial charge in [-0.05, 0) is 62.5 Å². The van der Waals surface area contributed by atoms with Crippen molar-refractivity contribution in [3.05, 3.63) is 50.8 Å². The summed E-state index contributed by atoms with van der Waals surface area (Å²) in [4.78, 5) is 0. The highest BCUT2D eigenvalue weighted by Crippen LogP contribution is 2.32. The van der Waals surface area contributed by atoms with Crippen LogP contribution < -0.4 is 4.74 Å². The summed E-state index contributed by atoms with van der Waals surface area (Å²) < 4.78 is 12.1. The van der Waals surface area contributed by atoms with Gasteiger partial charge < -0.3 is 14.3 Å². The van der Waals surface area contributed by atoms with Gasteiger partial charge in [0.2, 0.25) is 0 Å². The molecule has 0 aliphatic carbocycles. The third-order valence-electron chi connectivity index (χ3n) is 2.44. The van der Waals surface area contributed by atoms with Gasteiger partial charge in [0.25, 0.3) is 0 Å². The minimum Gasteiger partial charge on any atom is -0.494 e. The largest absolute Gasteiger partial charge is 0.494 e. The van der Waals surface area contributed by atoms with Crippen LogP contribution in [0.2, 0.25) is 0 Å². The van der Waals surface area contributed by atoms with Crippen molar-refractivity contribution in [1.82, 2.24) is 0 Å². The van der Waals surface area contributed by atoms with Crippen LogP contribution in [-0.4, -0.2) is 11.7 Å². The minimum atomic E-state index is -0.789. The molecule has 1 atom stereocenters. The average Bonchev–Trinajstić information content (AvgIpc) is 2.70. The fourth-order valence-corrected chi connectivity index (χ4v) is 2.18. The predicted molar refractivity (Wildman–Crippen MR) is 75.8 cm³/mol. The third kappa shape index (κ3) is 2.96. The summed E-state index contributed by atoms with van der Waals surface area (Å²) in [7, 11) is 0. The molecule has 18 heavy (non-hydrogen) atoms. The normalized spacial score (nSPS) is 12.4. The quantitative estimate of drug-likeness (QED) is 0.866. The van der Waals surface area contributed by atoms with Gasteiger partial charge in [0.1, 0.15) is 17.6 Å². The molecule has 5 heteroatoms. The zero-order valence-corrected chi connectivity index (χ0v) is 12.9. The zero-order valence-electron chi connectivity index (χ0n) is 9.69. The maximum Gasteiger partial charge on any atom is 0.183 e. The van der Waals surface area contributed by atoms with Crippen molar-refractivity contribution in [2.45, 2.75) is 13.0 Å². The molecule has 1 N–H and O–H groups in total. The molecule has 96 valence electrons. The molecule has 0 saturated carbocycles. The van der Waals surface area contributed by atoms with Crippen LogP contribution in [0, 0.1) is 0 Å². The van der Waals surface area contributed by atoms with E-state index in [-0.39, 0.29) is 0 Å². The van der Waals surface area contributed by atoms with Crippen LogP contribution in [0.15, 0.2) is 43.9 Å². The van der Waals surface area contributed by atoms with Crippen molar-refractivity contribution in [2.24, 2.45) is 0 Å². The number of benzene rings is 1. The highest BCUT2D eigenvalue weighted by Gasteiger charge is 2.16. The van der Waals surface area contributed by atoms with Crippen LogP contribution in [0.3, 0.4) is 0 Å². The zero-order chi connectivity index (χ0) is 13.1. The van der Waals surface area contributed by atoms with Gasteiger partial charge >= 0.3 is 0 Å². The van der Waals surface area contributed by atoms with Gasteiger partial charge in [-0.1, -0.05) is 12.1 Å². The maximum atomic E-state index is 10.2. The lowest BCUT2D eigenvalue weighted by atomic mass is 10.1. The first-order valence-corrected chi connectivity index (χ1v) is 7.06. The Kier molecular flexibility index (Phi) is 4.48. The van der Waals surface area contributed by atoms with Crippen molar-refractivity contribution < 1.29 is 14.3 Å².